The van der Waals surface area contributed by atoms with Gasteiger partial charge in [0.2, 0.25) is 0 Å². The Morgan fingerprint density at radius 3 is 1.95 bits per heavy atom. The molecule has 0 spiro atoms. The summed E-state index contributed by atoms with van der Waals surface area (Å²) in [6.45, 7) is 7.89. The number of aliphatic carboxylic acids is 2. The normalized spacial score (nSPS) is 11.0. The maximum atomic E-state index is 11.0. The summed E-state index contributed by atoms with van der Waals surface area (Å²) in [6, 6.07) is 5.25. The summed E-state index contributed by atoms with van der Waals surface area (Å²) in [5.41, 5.74) is 2.03. The van der Waals surface area contributed by atoms with Gasteiger partial charge in [-0.1, -0.05) is 39.0 Å². The van der Waals surface area contributed by atoms with Gasteiger partial charge in [-0.15, -0.1) is 0 Å². The molecule has 0 atom stereocenters. The number of carboxylic acids is 2. The van der Waals surface area contributed by atoms with Crippen molar-refractivity contribution in [2.24, 2.45) is 0 Å². The third-order valence-corrected chi connectivity index (χ3v) is 2.94. The second kappa shape index (κ2) is 6.55. The van der Waals surface area contributed by atoms with Crippen molar-refractivity contribution < 1.29 is 50.8 Å². The molecule has 2 N–H and O–H groups in total. The summed E-state index contributed by atoms with van der Waals surface area (Å²) < 4.78 is 0. The molecule has 0 saturated heterocycles. The van der Waals surface area contributed by atoms with Crippen LogP contribution in [0.2, 0.25) is 0 Å². The molecule has 0 unspecified atom stereocenters. The zero-order valence-electron chi connectivity index (χ0n) is 13.0. The van der Waals surface area contributed by atoms with Crippen molar-refractivity contribution in [1.29, 1.82) is 0 Å². The van der Waals surface area contributed by atoms with E-state index >= 15 is 0 Å². The van der Waals surface area contributed by atoms with E-state index in [2.05, 4.69) is 0 Å². The second-order valence-electron chi connectivity index (χ2n) is 5.43. The number of rotatable bonds is 3. The van der Waals surface area contributed by atoms with E-state index in [1.165, 1.54) is 0 Å². The van der Waals surface area contributed by atoms with Crippen LogP contribution in [0.25, 0.3) is 0 Å². The fourth-order valence-electron chi connectivity index (χ4n) is 1.84. The van der Waals surface area contributed by atoms with Crippen molar-refractivity contribution in [2.45, 2.75) is 39.0 Å². The largest absolute Gasteiger partial charge is 1.00 e. The van der Waals surface area contributed by atoms with Crippen LogP contribution >= 0.6 is 0 Å². The molecule has 0 aliphatic carbocycles. The van der Waals surface area contributed by atoms with Crippen molar-refractivity contribution >= 4 is 11.9 Å². The fraction of sp³-hybridized carbons (Fsp3) is 0.429. The Bertz CT molecular complexity index is 480. The number of hydrogen-bond donors (Lipinski definition) is 2. The summed E-state index contributed by atoms with van der Waals surface area (Å²) in [5, 5.41) is 17.9. The van der Waals surface area contributed by atoms with Crippen LogP contribution in [0.15, 0.2) is 18.2 Å². The maximum absolute atomic E-state index is 11.0. The summed E-state index contributed by atoms with van der Waals surface area (Å²) in [7, 11) is 0. The summed E-state index contributed by atoms with van der Waals surface area (Å²) in [4.78, 5) is 22.0. The van der Waals surface area contributed by atoms with Gasteiger partial charge < -0.3 is 11.6 Å². The van der Waals surface area contributed by atoms with Crippen LogP contribution in [-0.2, 0) is 15.0 Å². The number of aryl methyl sites for hydroxylation is 1. The molecule has 0 bridgehead atoms. The fourth-order valence-corrected chi connectivity index (χ4v) is 1.84. The van der Waals surface area contributed by atoms with Crippen LogP contribution < -0.4 is 29.6 Å². The predicted molar refractivity (Wildman–Crippen MR) is 69.0 cm³/mol. The standard InChI is InChI=1S/C14H18O4.Na.H/c1-8-7-9(14(2,3)4)5-6-10(8)11(12(15)16)13(17)18;;/h5-7,11H,1-4H3,(H,15,16)(H,17,18);;/q;+1;-1. The van der Waals surface area contributed by atoms with Crippen LogP contribution in [0.3, 0.4) is 0 Å². The van der Waals surface area contributed by atoms with Gasteiger partial charge >= 0.3 is 41.5 Å². The van der Waals surface area contributed by atoms with Gasteiger partial charge in [-0.05, 0) is 29.0 Å². The van der Waals surface area contributed by atoms with Crippen LogP contribution in [-0.4, -0.2) is 22.2 Å². The van der Waals surface area contributed by atoms with Gasteiger partial charge in [-0.2, -0.15) is 0 Å². The van der Waals surface area contributed by atoms with E-state index in [-0.39, 0.29) is 36.4 Å². The Morgan fingerprint density at radius 1 is 1.16 bits per heavy atom. The summed E-state index contributed by atoms with van der Waals surface area (Å²) in [5.74, 6) is -4.18. The topological polar surface area (TPSA) is 74.6 Å². The molecular formula is C14H19NaO4. The van der Waals surface area contributed by atoms with E-state index in [9.17, 15) is 9.59 Å². The van der Waals surface area contributed by atoms with Crippen molar-refractivity contribution in [3.8, 4) is 0 Å². The molecule has 0 saturated carbocycles. The molecule has 1 aromatic rings. The summed E-state index contributed by atoms with van der Waals surface area (Å²) >= 11 is 0. The van der Waals surface area contributed by atoms with E-state index in [1.54, 1.807) is 19.1 Å². The first-order chi connectivity index (χ1) is 8.14. The predicted octanol–water partition coefficient (Wildman–Crippen LogP) is -0.338. The monoisotopic (exact) mass is 274 g/mol. The molecule has 100 valence electrons. The van der Waals surface area contributed by atoms with Gasteiger partial charge in [0.1, 0.15) is 0 Å². The van der Waals surface area contributed by atoms with Gasteiger partial charge in [0.05, 0.1) is 0 Å². The zero-order chi connectivity index (χ0) is 14.1. The van der Waals surface area contributed by atoms with Crippen LogP contribution in [0.1, 0.15) is 44.8 Å². The first-order valence-corrected chi connectivity index (χ1v) is 5.71. The smallest absolute Gasteiger partial charge is 1.00 e. The Morgan fingerprint density at radius 2 is 1.63 bits per heavy atom. The second-order valence-corrected chi connectivity index (χ2v) is 5.43. The van der Waals surface area contributed by atoms with E-state index in [0.717, 1.165) is 5.56 Å². The third kappa shape index (κ3) is 4.34. The minimum absolute atomic E-state index is 0. The minimum Gasteiger partial charge on any atom is -1.00 e. The van der Waals surface area contributed by atoms with Crippen LogP contribution in [0, 0.1) is 6.92 Å². The Kier molecular flexibility index (Phi) is 6.26. The number of carbonyl (C=O) groups is 2. The van der Waals surface area contributed by atoms with Crippen molar-refractivity contribution in [3.63, 3.8) is 0 Å². The number of carboxylic acid groups (broad SMARTS) is 2. The molecule has 1 rings (SSSR count). The molecule has 0 fully saturated rings. The average Bonchev–Trinajstić information content (AvgIpc) is 2.18. The Hall–Kier alpha value is -0.840. The quantitative estimate of drug-likeness (QED) is 0.584. The molecule has 0 radical (unpaired) electrons. The molecule has 4 nitrogen and oxygen atoms in total. The Balaban J connectivity index is 0. The van der Waals surface area contributed by atoms with Crippen LogP contribution in [0.4, 0.5) is 0 Å². The molecule has 5 heteroatoms. The first-order valence-electron chi connectivity index (χ1n) is 5.71. The molecule has 0 aliphatic heterocycles. The maximum Gasteiger partial charge on any atom is 1.00 e. The first kappa shape index (κ1) is 18.2. The van der Waals surface area contributed by atoms with E-state index in [4.69, 9.17) is 10.2 Å². The van der Waals surface area contributed by atoms with E-state index < -0.39 is 17.9 Å². The number of hydrogen-bond acceptors (Lipinski definition) is 2. The summed E-state index contributed by atoms with van der Waals surface area (Å²) in [6.07, 6.45) is 0. The van der Waals surface area contributed by atoms with Crippen LogP contribution in [0.5, 0.6) is 0 Å². The molecule has 0 aromatic heterocycles. The third-order valence-electron chi connectivity index (χ3n) is 2.94. The molecule has 0 heterocycles. The molecule has 0 amide bonds. The average molecular weight is 274 g/mol. The van der Waals surface area contributed by atoms with Crippen molar-refractivity contribution in [1.82, 2.24) is 0 Å². The van der Waals surface area contributed by atoms with E-state index in [1.807, 2.05) is 26.8 Å². The SMILES string of the molecule is Cc1cc(C(C)(C)C)ccc1C(C(=O)O)C(=O)O.[H-].[Na+]. The van der Waals surface area contributed by atoms with Crippen molar-refractivity contribution in [2.75, 3.05) is 0 Å². The van der Waals surface area contributed by atoms with Gasteiger partial charge in [0.25, 0.3) is 0 Å². The van der Waals surface area contributed by atoms with Gasteiger partial charge in [0, 0.05) is 0 Å². The molecule has 19 heavy (non-hydrogen) atoms. The van der Waals surface area contributed by atoms with Gasteiger partial charge in [-0.3, -0.25) is 9.59 Å². The zero-order valence-corrected chi connectivity index (χ0v) is 14.0. The number of benzene rings is 1. The van der Waals surface area contributed by atoms with Gasteiger partial charge in [-0.25, -0.2) is 0 Å². The molecule has 0 aliphatic rings. The Labute approximate surface area is 136 Å². The molecule has 1 aromatic carbocycles. The minimum atomic E-state index is -1.50. The van der Waals surface area contributed by atoms with E-state index in [0.29, 0.717) is 11.1 Å². The van der Waals surface area contributed by atoms with Crippen molar-refractivity contribution in [3.05, 3.63) is 34.9 Å². The van der Waals surface area contributed by atoms with Gasteiger partial charge in [0.15, 0.2) is 5.92 Å². The molecular weight excluding hydrogens is 255 g/mol.